The quantitative estimate of drug-likeness (QED) is 0.808. The summed E-state index contributed by atoms with van der Waals surface area (Å²) in [4.78, 5) is 0. The van der Waals surface area contributed by atoms with E-state index in [-0.39, 0.29) is 0 Å². The molecule has 0 amide bonds. The van der Waals surface area contributed by atoms with E-state index in [1.807, 2.05) is 36.4 Å². The van der Waals surface area contributed by atoms with Crippen LogP contribution in [0.3, 0.4) is 0 Å². The number of aliphatic hydroxyl groups is 1. The van der Waals surface area contributed by atoms with Gasteiger partial charge in [-0.05, 0) is 49.6 Å². The van der Waals surface area contributed by atoms with Gasteiger partial charge in [0.25, 0.3) is 0 Å². The van der Waals surface area contributed by atoms with Crippen LogP contribution >= 0.6 is 27.5 Å². The monoisotopic (exact) mass is 368 g/mol. The zero-order chi connectivity index (χ0) is 15.5. The van der Waals surface area contributed by atoms with Gasteiger partial charge in [0, 0.05) is 15.1 Å². The van der Waals surface area contributed by atoms with Gasteiger partial charge in [-0.25, -0.2) is 0 Å². The second-order valence-corrected chi connectivity index (χ2v) is 6.57. The summed E-state index contributed by atoms with van der Waals surface area (Å²) in [5, 5.41) is 11.3. The van der Waals surface area contributed by atoms with Gasteiger partial charge in [-0.2, -0.15) is 0 Å². The highest BCUT2D eigenvalue weighted by atomic mass is 79.9. The van der Waals surface area contributed by atoms with Crippen molar-refractivity contribution < 1.29 is 9.84 Å². The van der Waals surface area contributed by atoms with Crippen molar-refractivity contribution in [2.24, 2.45) is 0 Å². The fourth-order valence-corrected chi connectivity index (χ4v) is 3.12. The molecule has 0 spiro atoms. The highest BCUT2D eigenvalue weighted by molar-refractivity contribution is 9.10. The second kappa shape index (κ2) is 6.82. The van der Waals surface area contributed by atoms with Gasteiger partial charge >= 0.3 is 0 Å². The fourth-order valence-electron chi connectivity index (χ4n) is 2.24. The predicted molar refractivity (Wildman–Crippen MR) is 90.0 cm³/mol. The lowest BCUT2D eigenvalue weighted by atomic mass is 9.89. The largest absolute Gasteiger partial charge is 0.497 e. The Kier molecular flexibility index (Phi) is 5.31. The van der Waals surface area contributed by atoms with Gasteiger partial charge in [0.2, 0.25) is 0 Å². The lowest BCUT2D eigenvalue weighted by Gasteiger charge is -2.25. The van der Waals surface area contributed by atoms with Gasteiger partial charge in [0.15, 0.2) is 0 Å². The molecular formula is C17H18BrClO2. The van der Waals surface area contributed by atoms with E-state index in [1.54, 1.807) is 20.1 Å². The molecule has 4 heteroatoms. The van der Waals surface area contributed by atoms with Crippen LogP contribution in [0.5, 0.6) is 5.75 Å². The van der Waals surface area contributed by atoms with Crippen molar-refractivity contribution >= 4 is 27.5 Å². The lowest BCUT2D eigenvalue weighted by Crippen LogP contribution is -2.22. The van der Waals surface area contributed by atoms with Gasteiger partial charge in [-0.15, -0.1) is 0 Å². The minimum Gasteiger partial charge on any atom is -0.497 e. The Labute approximate surface area is 138 Å². The van der Waals surface area contributed by atoms with Gasteiger partial charge in [0.05, 0.1) is 12.7 Å². The number of halogens is 2. The number of methoxy groups -OCH3 is 1. The summed E-state index contributed by atoms with van der Waals surface area (Å²) in [7, 11) is 1.65. The Morgan fingerprint density at radius 2 is 1.86 bits per heavy atom. The molecule has 1 atom stereocenters. The standard InChI is InChI=1S/C17H18BrClO2/c1-17(20,15-8-5-13(18)11-16(15)19)10-9-12-3-6-14(21-2)7-4-12/h3-8,11,20H,9-10H2,1-2H3. The zero-order valence-corrected chi connectivity index (χ0v) is 14.4. The van der Waals surface area contributed by atoms with Crippen LogP contribution in [0.2, 0.25) is 5.02 Å². The molecule has 0 bridgehead atoms. The molecule has 112 valence electrons. The van der Waals surface area contributed by atoms with E-state index in [2.05, 4.69) is 15.9 Å². The van der Waals surface area contributed by atoms with Crippen molar-refractivity contribution in [3.05, 3.63) is 63.1 Å². The van der Waals surface area contributed by atoms with E-state index in [0.717, 1.165) is 27.8 Å². The molecule has 1 unspecified atom stereocenters. The molecule has 2 rings (SSSR count). The number of rotatable bonds is 5. The van der Waals surface area contributed by atoms with Crippen LogP contribution in [0.15, 0.2) is 46.9 Å². The molecule has 2 nitrogen and oxygen atoms in total. The van der Waals surface area contributed by atoms with Crippen LogP contribution in [0.25, 0.3) is 0 Å². The maximum atomic E-state index is 10.7. The van der Waals surface area contributed by atoms with Gasteiger partial charge < -0.3 is 9.84 Å². The summed E-state index contributed by atoms with van der Waals surface area (Å²) in [6, 6.07) is 13.4. The van der Waals surface area contributed by atoms with Crippen molar-refractivity contribution in [1.29, 1.82) is 0 Å². The molecule has 0 heterocycles. The third kappa shape index (κ3) is 4.22. The summed E-state index contributed by atoms with van der Waals surface area (Å²) in [5.74, 6) is 0.835. The molecule has 1 N–H and O–H groups in total. The zero-order valence-electron chi connectivity index (χ0n) is 12.1. The summed E-state index contributed by atoms with van der Waals surface area (Å²) < 4.78 is 6.04. The Hall–Kier alpha value is -1.03. The molecule has 0 aromatic heterocycles. The van der Waals surface area contributed by atoms with Crippen molar-refractivity contribution in [3.63, 3.8) is 0 Å². The molecule has 0 aliphatic heterocycles. The summed E-state index contributed by atoms with van der Waals surface area (Å²) in [5.41, 5.74) is 0.947. The lowest BCUT2D eigenvalue weighted by molar-refractivity contribution is 0.0481. The molecule has 0 aliphatic carbocycles. The molecule has 2 aromatic carbocycles. The number of hydrogen-bond donors (Lipinski definition) is 1. The van der Waals surface area contributed by atoms with Crippen LogP contribution in [-0.2, 0) is 12.0 Å². The highest BCUT2D eigenvalue weighted by Gasteiger charge is 2.25. The average molecular weight is 370 g/mol. The number of ether oxygens (including phenoxy) is 1. The van der Waals surface area contributed by atoms with E-state index in [1.165, 1.54) is 0 Å². The molecule has 0 saturated heterocycles. The van der Waals surface area contributed by atoms with Crippen LogP contribution in [0.1, 0.15) is 24.5 Å². The molecular weight excluding hydrogens is 352 g/mol. The van der Waals surface area contributed by atoms with E-state index in [4.69, 9.17) is 16.3 Å². The minimum absolute atomic E-state index is 0.573. The molecule has 0 aliphatic rings. The maximum Gasteiger partial charge on any atom is 0.118 e. The molecule has 2 aromatic rings. The summed E-state index contributed by atoms with van der Waals surface area (Å²) >= 11 is 9.60. The van der Waals surface area contributed by atoms with Crippen LogP contribution in [-0.4, -0.2) is 12.2 Å². The van der Waals surface area contributed by atoms with Crippen molar-refractivity contribution in [2.75, 3.05) is 7.11 Å². The molecule has 0 radical (unpaired) electrons. The third-order valence-corrected chi connectivity index (χ3v) is 4.38. The fraction of sp³-hybridized carbons (Fsp3) is 0.294. The Morgan fingerprint density at radius 3 is 2.43 bits per heavy atom. The Balaban J connectivity index is 2.09. The number of benzene rings is 2. The second-order valence-electron chi connectivity index (χ2n) is 5.25. The Bertz CT molecular complexity index is 609. The van der Waals surface area contributed by atoms with Gasteiger partial charge in [-0.1, -0.05) is 45.7 Å². The predicted octanol–water partition coefficient (Wildman–Crippen LogP) is 4.95. The Morgan fingerprint density at radius 1 is 1.19 bits per heavy atom. The van der Waals surface area contributed by atoms with Gasteiger partial charge in [0.1, 0.15) is 5.75 Å². The third-order valence-electron chi connectivity index (χ3n) is 3.57. The summed E-state index contributed by atoms with van der Waals surface area (Å²) in [6.07, 6.45) is 1.37. The first-order chi connectivity index (χ1) is 9.92. The van der Waals surface area contributed by atoms with E-state index < -0.39 is 5.60 Å². The van der Waals surface area contributed by atoms with E-state index in [0.29, 0.717) is 11.4 Å². The van der Waals surface area contributed by atoms with Crippen molar-refractivity contribution in [1.82, 2.24) is 0 Å². The molecule has 21 heavy (non-hydrogen) atoms. The van der Waals surface area contributed by atoms with Crippen LogP contribution in [0, 0.1) is 0 Å². The molecule has 0 fully saturated rings. The average Bonchev–Trinajstić information content (AvgIpc) is 2.45. The van der Waals surface area contributed by atoms with Crippen molar-refractivity contribution in [2.45, 2.75) is 25.4 Å². The van der Waals surface area contributed by atoms with Crippen LogP contribution < -0.4 is 4.74 Å². The topological polar surface area (TPSA) is 29.5 Å². The first kappa shape index (κ1) is 16.3. The first-order valence-corrected chi connectivity index (χ1v) is 7.90. The summed E-state index contributed by atoms with van der Waals surface area (Å²) in [6.45, 7) is 1.80. The normalized spacial score (nSPS) is 13.8. The first-order valence-electron chi connectivity index (χ1n) is 6.73. The number of hydrogen-bond acceptors (Lipinski definition) is 2. The highest BCUT2D eigenvalue weighted by Crippen LogP contribution is 2.33. The maximum absolute atomic E-state index is 10.7. The smallest absolute Gasteiger partial charge is 0.118 e. The number of aryl methyl sites for hydroxylation is 1. The van der Waals surface area contributed by atoms with Gasteiger partial charge in [-0.3, -0.25) is 0 Å². The van der Waals surface area contributed by atoms with Crippen LogP contribution in [0.4, 0.5) is 0 Å². The van der Waals surface area contributed by atoms with E-state index in [9.17, 15) is 5.11 Å². The molecule has 0 saturated carbocycles. The van der Waals surface area contributed by atoms with E-state index >= 15 is 0 Å². The SMILES string of the molecule is COc1ccc(CCC(C)(O)c2ccc(Br)cc2Cl)cc1. The minimum atomic E-state index is -0.961. The van der Waals surface area contributed by atoms with Crippen molar-refractivity contribution in [3.8, 4) is 5.75 Å².